The number of esters is 1. The van der Waals surface area contributed by atoms with Gasteiger partial charge in [0.25, 0.3) is 0 Å². The average molecular weight is 338 g/mol. The SMILES string of the molecule is COC(=O)C1=C(C)c2cc(C)ccc2OC1c1ccc2c(c1)OCO2. The minimum Gasteiger partial charge on any atom is -0.480 e. The zero-order valence-electron chi connectivity index (χ0n) is 14.3. The lowest BCUT2D eigenvalue weighted by Crippen LogP contribution is -2.23. The van der Waals surface area contributed by atoms with Crippen LogP contribution in [0.1, 0.15) is 29.7 Å². The maximum atomic E-state index is 12.5. The van der Waals surface area contributed by atoms with E-state index in [4.69, 9.17) is 18.9 Å². The molecule has 5 heteroatoms. The molecule has 0 aromatic heterocycles. The van der Waals surface area contributed by atoms with E-state index in [1.54, 1.807) is 0 Å². The first-order valence-electron chi connectivity index (χ1n) is 8.05. The molecule has 1 unspecified atom stereocenters. The van der Waals surface area contributed by atoms with Gasteiger partial charge in [0, 0.05) is 11.1 Å². The highest BCUT2D eigenvalue weighted by Gasteiger charge is 2.34. The number of ether oxygens (including phenoxy) is 4. The molecule has 0 amide bonds. The van der Waals surface area contributed by atoms with Crippen LogP contribution in [0.5, 0.6) is 17.2 Å². The fourth-order valence-electron chi connectivity index (χ4n) is 3.25. The highest BCUT2D eigenvalue weighted by Crippen LogP contribution is 2.44. The number of carbonyl (C=O) groups is 1. The Hall–Kier alpha value is -2.95. The van der Waals surface area contributed by atoms with Crippen LogP contribution in [0.2, 0.25) is 0 Å². The predicted molar refractivity (Wildman–Crippen MR) is 91.7 cm³/mol. The molecule has 0 spiro atoms. The van der Waals surface area contributed by atoms with Gasteiger partial charge in [-0.2, -0.15) is 0 Å². The van der Waals surface area contributed by atoms with Gasteiger partial charge in [0.2, 0.25) is 6.79 Å². The lowest BCUT2D eigenvalue weighted by Gasteiger charge is -2.29. The highest BCUT2D eigenvalue weighted by atomic mass is 16.7. The molecule has 5 nitrogen and oxygen atoms in total. The minimum absolute atomic E-state index is 0.200. The first kappa shape index (κ1) is 15.6. The standard InChI is InChI=1S/C20H18O5/c1-11-4-6-15-14(8-11)12(2)18(20(21)22-3)19(25-15)13-5-7-16-17(9-13)24-10-23-16/h4-9,19H,10H2,1-3H3. The van der Waals surface area contributed by atoms with Crippen molar-refractivity contribution in [3.63, 3.8) is 0 Å². The summed E-state index contributed by atoms with van der Waals surface area (Å²) < 4.78 is 22.0. The molecule has 1 atom stereocenters. The summed E-state index contributed by atoms with van der Waals surface area (Å²) in [6.07, 6.45) is -0.558. The van der Waals surface area contributed by atoms with E-state index in [2.05, 4.69) is 0 Å². The van der Waals surface area contributed by atoms with E-state index < -0.39 is 12.1 Å². The second kappa shape index (κ2) is 5.84. The van der Waals surface area contributed by atoms with Crippen molar-refractivity contribution in [3.8, 4) is 17.2 Å². The number of carbonyl (C=O) groups excluding carboxylic acids is 1. The monoisotopic (exact) mass is 338 g/mol. The summed E-state index contributed by atoms with van der Waals surface area (Å²) in [7, 11) is 1.38. The maximum Gasteiger partial charge on any atom is 0.338 e. The number of hydrogen-bond donors (Lipinski definition) is 0. The molecule has 2 aromatic carbocycles. The van der Waals surface area contributed by atoms with Crippen molar-refractivity contribution in [3.05, 3.63) is 58.7 Å². The fourth-order valence-corrected chi connectivity index (χ4v) is 3.25. The fraction of sp³-hybridized carbons (Fsp3) is 0.250. The topological polar surface area (TPSA) is 54.0 Å². The molecule has 2 aromatic rings. The molecular formula is C20H18O5. The molecule has 128 valence electrons. The molecule has 2 aliphatic heterocycles. The Kier molecular flexibility index (Phi) is 3.64. The Morgan fingerprint density at radius 1 is 1.04 bits per heavy atom. The molecule has 0 aliphatic carbocycles. The van der Waals surface area contributed by atoms with E-state index in [-0.39, 0.29) is 6.79 Å². The summed E-state index contributed by atoms with van der Waals surface area (Å²) >= 11 is 0. The maximum absolute atomic E-state index is 12.5. The molecule has 0 N–H and O–H groups in total. The van der Waals surface area contributed by atoms with Crippen molar-refractivity contribution >= 4 is 11.5 Å². The van der Waals surface area contributed by atoms with Crippen molar-refractivity contribution in [2.24, 2.45) is 0 Å². The Balaban J connectivity index is 1.86. The van der Waals surface area contributed by atoms with Gasteiger partial charge in [-0.25, -0.2) is 4.79 Å². The summed E-state index contributed by atoms with van der Waals surface area (Å²) in [6, 6.07) is 11.5. The van der Waals surface area contributed by atoms with E-state index in [9.17, 15) is 4.79 Å². The number of allylic oxidation sites excluding steroid dienone is 1. The number of rotatable bonds is 2. The minimum atomic E-state index is -0.558. The third-order valence-electron chi connectivity index (χ3n) is 4.55. The third-order valence-corrected chi connectivity index (χ3v) is 4.55. The molecule has 2 aliphatic rings. The van der Waals surface area contributed by atoms with Crippen molar-refractivity contribution in [1.82, 2.24) is 0 Å². The van der Waals surface area contributed by atoms with Crippen LogP contribution in [0.15, 0.2) is 42.0 Å². The van der Waals surface area contributed by atoms with Crippen molar-refractivity contribution < 1.29 is 23.7 Å². The van der Waals surface area contributed by atoms with E-state index in [1.165, 1.54) is 7.11 Å². The van der Waals surface area contributed by atoms with Crippen LogP contribution in [0.4, 0.5) is 0 Å². The van der Waals surface area contributed by atoms with E-state index in [0.29, 0.717) is 17.1 Å². The van der Waals surface area contributed by atoms with Gasteiger partial charge >= 0.3 is 5.97 Å². The van der Waals surface area contributed by atoms with Gasteiger partial charge in [-0.3, -0.25) is 0 Å². The summed E-state index contributed by atoms with van der Waals surface area (Å²) in [4.78, 5) is 12.5. The van der Waals surface area contributed by atoms with Gasteiger partial charge in [-0.05, 0) is 43.7 Å². The number of methoxy groups -OCH3 is 1. The van der Waals surface area contributed by atoms with Crippen LogP contribution in [-0.4, -0.2) is 19.9 Å². The lowest BCUT2D eigenvalue weighted by atomic mass is 9.89. The van der Waals surface area contributed by atoms with Crippen LogP contribution in [-0.2, 0) is 9.53 Å². The Bertz CT molecular complexity index is 897. The van der Waals surface area contributed by atoms with Crippen LogP contribution in [0.25, 0.3) is 5.57 Å². The van der Waals surface area contributed by atoms with Crippen molar-refractivity contribution in [2.45, 2.75) is 20.0 Å². The Morgan fingerprint density at radius 3 is 2.60 bits per heavy atom. The number of fused-ring (bicyclic) bond motifs is 2. The Morgan fingerprint density at radius 2 is 1.80 bits per heavy atom. The molecular weight excluding hydrogens is 320 g/mol. The van der Waals surface area contributed by atoms with Crippen LogP contribution >= 0.6 is 0 Å². The van der Waals surface area contributed by atoms with E-state index in [0.717, 1.165) is 28.0 Å². The molecule has 2 heterocycles. The Labute approximate surface area is 145 Å². The van der Waals surface area contributed by atoms with Crippen LogP contribution in [0, 0.1) is 6.92 Å². The van der Waals surface area contributed by atoms with Crippen molar-refractivity contribution in [2.75, 3.05) is 13.9 Å². The smallest absolute Gasteiger partial charge is 0.338 e. The highest BCUT2D eigenvalue weighted by molar-refractivity contribution is 6.00. The molecule has 25 heavy (non-hydrogen) atoms. The first-order valence-corrected chi connectivity index (χ1v) is 8.05. The second-order valence-corrected chi connectivity index (χ2v) is 6.14. The summed E-state index contributed by atoms with van der Waals surface area (Å²) in [5.74, 6) is 1.69. The van der Waals surface area contributed by atoms with Gasteiger partial charge in [0.05, 0.1) is 12.7 Å². The van der Waals surface area contributed by atoms with Gasteiger partial charge in [-0.15, -0.1) is 0 Å². The molecule has 4 rings (SSSR count). The molecule has 0 fully saturated rings. The lowest BCUT2D eigenvalue weighted by molar-refractivity contribution is -0.137. The normalized spacial score (nSPS) is 17.8. The quantitative estimate of drug-likeness (QED) is 0.780. The zero-order valence-corrected chi connectivity index (χ0v) is 14.3. The van der Waals surface area contributed by atoms with Gasteiger partial charge < -0.3 is 18.9 Å². The molecule has 0 bridgehead atoms. The average Bonchev–Trinajstić information content (AvgIpc) is 3.09. The third kappa shape index (κ3) is 2.52. The summed E-state index contributed by atoms with van der Waals surface area (Å²) in [5.41, 5.74) is 4.19. The van der Waals surface area contributed by atoms with Crippen LogP contribution < -0.4 is 14.2 Å². The molecule has 0 radical (unpaired) electrons. The van der Waals surface area contributed by atoms with Crippen LogP contribution in [0.3, 0.4) is 0 Å². The largest absolute Gasteiger partial charge is 0.480 e. The molecule has 0 saturated heterocycles. The number of aryl methyl sites for hydroxylation is 1. The predicted octanol–water partition coefficient (Wildman–Crippen LogP) is 3.80. The first-order chi connectivity index (χ1) is 12.1. The van der Waals surface area contributed by atoms with Gasteiger partial charge in [-0.1, -0.05) is 17.7 Å². The van der Waals surface area contributed by atoms with E-state index in [1.807, 2.05) is 50.2 Å². The summed E-state index contributed by atoms with van der Waals surface area (Å²) in [6.45, 7) is 4.13. The molecule has 0 saturated carbocycles. The van der Waals surface area contributed by atoms with Gasteiger partial charge in [0.15, 0.2) is 17.6 Å². The summed E-state index contributed by atoms with van der Waals surface area (Å²) in [5, 5.41) is 0. The zero-order chi connectivity index (χ0) is 17.6. The number of benzene rings is 2. The van der Waals surface area contributed by atoms with E-state index >= 15 is 0 Å². The second-order valence-electron chi connectivity index (χ2n) is 6.14. The number of hydrogen-bond acceptors (Lipinski definition) is 5. The van der Waals surface area contributed by atoms with Gasteiger partial charge in [0.1, 0.15) is 5.75 Å². The van der Waals surface area contributed by atoms with Crippen molar-refractivity contribution in [1.29, 1.82) is 0 Å².